The molecule has 0 aliphatic carbocycles. The van der Waals surface area contributed by atoms with Crippen LogP contribution in [0.15, 0.2) is 17.6 Å². The highest BCUT2D eigenvalue weighted by molar-refractivity contribution is 7.99. The lowest BCUT2D eigenvalue weighted by atomic mass is 10.2. The Morgan fingerprint density at radius 1 is 1.43 bits per heavy atom. The van der Waals surface area contributed by atoms with Crippen molar-refractivity contribution in [3.05, 3.63) is 18.2 Å². The van der Waals surface area contributed by atoms with Crippen molar-refractivity contribution in [2.45, 2.75) is 23.2 Å². The number of nitrogens with zero attached hydrogens (tertiary/aromatic N) is 2. The summed E-state index contributed by atoms with van der Waals surface area (Å²) in [5.74, 6) is -0.379. The first-order valence-electron chi connectivity index (χ1n) is 4.69. The summed E-state index contributed by atoms with van der Waals surface area (Å²) < 4.78 is 12.5. The Morgan fingerprint density at radius 3 is 2.86 bits per heavy atom. The maximum Gasteiger partial charge on any atom is 0.187 e. The van der Waals surface area contributed by atoms with Crippen LogP contribution in [0.3, 0.4) is 0 Å². The Kier molecular flexibility index (Phi) is 3.31. The minimum absolute atomic E-state index is 0.379. The van der Waals surface area contributed by atoms with Crippen molar-refractivity contribution in [3.8, 4) is 0 Å². The van der Waals surface area contributed by atoms with Gasteiger partial charge in [-0.2, -0.15) is 0 Å². The van der Waals surface area contributed by atoms with Crippen molar-refractivity contribution >= 4 is 11.8 Å². The highest BCUT2D eigenvalue weighted by Crippen LogP contribution is 2.23. The van der Waals surface area contributed by atoms with Crippen LogP contribution in [-0.2, 0) is 0 Å². The summed E-state index contributed by atoms with van der Waals surface area (Å²) in [5.41, 5.74) is 0. The highest BCUT2D eigenvalue weighted by Gasteiger charge is 2.15. The molecule has 0 saturated carbocycles. The summed E-state index contributed by atoms with van der Waals surface area (Å²) in [5, 5.41) is 4.51. The third-order valence-electron chi connectivity index (χ3n) is 2.12. The zero-order valence-electron chi connectivity index (χ0n) is 7.74. The minimum Gasteiger partial charge on any atom is -0.316 e. The molecule has 76 valence electrons. The van der Waals surface area contributed by atoms with Crippen LogP contribution in [0.25, 0.3) is 0 Å². The van der Waals surface area contributed by atoms with Gasteiger partial charge >= 0.3 is 0 Å². The normalized spacial score (nSPS) is 22.2. The number of nitrogens with one attached hydrogen (secondary N) is 1. The molecule has 3 nitrogen and oxygen atoms in total. The van der Waals surface area contributed by atoms with E-state index in [9.17, 15) is 4.39 Å². The van der Waals surface area contributed by atoms with Gasteiger partial charge in [-0.05, 0) is 19.4 Å². The molecular formula is C9H12FN3S. The molecule has 1 aliphatic heterocycles. The van der Waals surface area contributed by atoms with E-state index in [0.29, 0.717) is 10.4 Å². The van der Waals surface area contributed by atoms with Crippen molar-refractivity contribution < 1.29 is 4.39 Å². The Morgan fingerprint density at radius 2 is 2.21 bits per heavy atom. The first-order chi connectivity index (χ1) is 6.84. The summed E-state index contributed by atoms with van der Waals surface area (Å²) in [4.78, 5) is 7.84. The maximum absolute atomic E-state index is 12.5. The molecule has 2 heterocycles. The number of halogens is 1. The molecule has 1 N–H and O–H groups in total. The number of piperidine rings is 1. The fourth-order valence-corrected chi connectivity index (χ4v) is 2.44. The van der Waals surface area contributed by atoms with Crippen molar-refractivity contribution in [1.82, 2.24) is 15.3 Å². The predicted octanol–water partition coefficient (Wildman–Crippen LogP) is 1.46. The second kappa shape index (κ2) is 4.70. The van der Waals surface area contributed by atoms with E-state index in [4.69, 9.17) is 0 Å². The Balaban J connectivity index is 1.92. The van der Waals surface area contributed by atoms with Gasteiger partial charge in [0.1, 0.15) is 0 Å². The Hall–Kier alpha value is -0.680. The van der Waals surface area contributed by atoms with Crippen LogP contribution in [0.4, 0.5) is 4.39 Å². The molecule has 14 heavy (non-hydrogen) atoms. The van der Waals surface area contributed by atoms with E-state index in [2.05, 4.69) is 15.3 Å². The predicted molar refractivity (Wildman–Crippen MR) is 53.7 cm³/mol. The molecule has 0 unspecified atom stereocenters. The van der Waals surface area contributed by atoms with Crippen molar-refractivity contribution in [1.29, 1.82) is 0 Å². The van der Waals surface area contributed by atoms with Crippen LogP contribution in [0.2, 0.25) is 0 Å². The maximum atomic E-state index is 12.5. The molecule has 1 aromatic heterocycles. The lowest BCUT2D eigenvalue weighted by Crippen LogP contribution is -2.31. The Bertz CT molecular complexity index is 285. The van der Waals surface area contributed by atoms with Gasteiger partial charge in [0.2, 0.25) is 0 Å². The molecule has 0 aromatic carbocycles. The first-order valence-corrected chi connectivity index (χ1v) is 5.57. The van der Waals surface area contributed by atoms with E-state index in [1.165, 1.54) is 25.2 Å². The number of hydrogen-bond acceptors (Lipinski definition) is 4. The summed E-state index contributed by atoms with van der Waals surface area (Å²) in [7, 11) is 0. The SMILES string of the molecule is Fc1cnc(S[C@@H]2CCCNC2)nc1. The van der Waals surface area contributed by atoms with Gasteiger partial charge in [0.15, 0.2) is 11.0 Å². The average Bonchev–Trinajstić information content (AvgIpc) is 2.23. The standard InChI is InChI=1S/C9H12FN3S/c10-7-4-12-9(13-5-7)14-8-2-1-3-11-6-8/h4-5,8,11H,1-3,6H2/t8-/m1/s1. The molecule has 0 bridgehead atoms. The third kappa shape index (κ3) is 2.65. The number of hydrogen-bond donors (Lipinski definition) is 1. The number of thioether (sulfide) groups is 1. The second-order valence-electron chi connectivity index (χ2n) is 3.27. The van der Waals surface area contributed by atoms with Crippen LogP contribution in [0, 0.1) is 5.82 Å². The zero-order chi connectivity index (χ0) is 9.80. The van der Waals surface area contributed by atoms with Crippen molar-refractivity contribution in [2.24, 2.45) is 0 Å². The first kappa shape index (κ1) is 9.86. The van der Waals surface area contributed by atoms with Gasteiger partial charge in [0.25, 0.3) is 0 Å². The van der Waals surface area contributed by atoms with Crippen LogP contribution < -0.4 is 5.32 Å². The molecule has 0 spiro atoms. The molecular weight excluding hydrogens is 201 g/mol. The monoisotopic (exact) mass is 213 g/mol. The van der Waals surface area contributed by atoms with E-state index in [1.807, 2.05) is 0 Å². The molecule has 1 atom stereocenters. The molecule has 0 radical (unpaired) electrons. The largest absolute Gasteiger partial charge is 0.316 e. The molecule has 0 amide bonds. The van der Waals surface area contributed by atoms with Gasteiger partial charge in [0.05, 0.1) is 12.4 Å². The third-order valence-corrected chi connectivity index (χ3v) is 3.28. The highest BCUT2D eigenvalue weighted by atomic mass is 32.2. The van der Waals surface area contributed by atoms with Crippen molar-refractivity contribution in [3.63, 3.8) is 0 Å². The fraction of sp³-hybridized carbons (Fsp3) is 0.556. The lowest BCUT2D eigenvalue weighted by molar-refractivity contribution is 0.530. The minimum atomic E-state index is -0.379. The van der Waals surface area contributed by atoms with Gasteiger partial charge in [0, 0.05) is 11.8 Å². The van der Waals surface area contributed by atoms with E-state index in [0.717, 1.165) is 13.1 Å². The van der Waals surface area contributed by atoms with E-state index in [1.54, 1.807) is 11.8 Å². The van der Waals surface area contributed by atoms with E-state index in [-0.39, 0.29) is 5.82 Å². The van der Waals surface area contributed by atoms with E-state index >= 15 is 0 Å². The molecule has 1 aliphatic rings. The quantitative estimate of drug-likeness (QED) is 0.755. The van der Waals surface area contributed by atoms with Crippen LogP contribution in [-0.4, -0.2) is 28.3 Å². The smallest absolute Gasteiger partial charge is 0.187 e. The molecule has 1 saturated heterocycles. The van der Waals surface area contributed by atoms with Gasteiger partial charge in [-0.3, -0.25) is 0 Å². The van der Waals surface area contributed by atoms with Gasteiger partial charge in [-0.15, -0.1) is 0 Å². The van der Waals surface area contributed by atoms with Gasteiger partial charge in [-0.1, -0.05) is 11.8 Å². The lowest BCUT2D eigenvalue weighted by Gasteiger charge is -2.20. The summed E-state index contributed by atoms with van der Waals surface area (Å²) in [6.07, 6.45) is 4.80. The Labute approximate surface area is 86.5 Å². The molecule has 2 rings (SSSR count). The van der Waals surface area contributed by atoms with Gasteiger partial charge in [-0.25, -0.2) is 14.4 Å². The average molecular weight is 213 g/mol. The number of rotatable bonds is 2. The summed E-state index contributed by atoms with van der Waals surface area (Å²) >= 11 is 1.62. The summed E-state index contributed by atoms with van der Waals surface area (Å²) in [6.45, 7) is 2.09. The zero-order valence-corrected chi connectivity index (χ0v) is 8.56. The molecule has 1 aromatic rings. The topological polar surface area (TPSA) is 37.8 Å². The molecule has 1 fully saturated rings. The fourth-order valence-electron chi connectivity index (χ4n) is 1.43. The van der Waals surface area contributed by atoms with Crippen LogP contribution >= 0.6 is 11.8 Å². The number of aromatic nitrogens is 2. The van der Waals surface area contributed by atoms with Crippen molar-refractivity contribution in [2.75, 3.05) is 13.1 Å². The summed E-state index contributed by atoms with van der Waals surface area (Å²) in [6, 6.07) is 0. The van der Waals surface area contributed by atoms with Gasteiger partial charge < -0.3 is 5.32 Å². The molecule has 5 heteroatoms. The van der Waals surface area contributed by atoms with E-state index < -0.39 is 0 Å². The second-order valence-corrected chi connectivity index (χ2v) is 4.54. The van der Waals surface area contributed by atoms with Crippen LogP contribution in [0.5, 0.6) is 0 Å². The van der Waals surface area contributed by atoms with Crippen LogP contribution in [0.1, 0.15) is 12.8 Å².